The summed E-state index contributed by atoms with van der Waals surface area (Å²) in [6.07, 6.45) is 1.96. The van der Waals surface area contributed by atoms with Crippen molar-refractivity contribution in [3.63, 3.8) is 0 Å². The van der Waals surface area contributed by atoms with Gasteiger partial charge in [0.2, 0.25) is 11.8 Å². The molecule has 2 amide bonds. The second-order valence-electron chi connectivity index (χ2n) is 6.75. The van der Waals surface area contributed by atoms with E-state index in [0.717, 1.165) is 15.5 Å². The van der Waals surface area contributed by atoms with Gasteiger partial charge in [-0.2, -0.15) is 0 Å². The molecule has 29 heavy (non-hydrogen) atoms. The second kappa shape index (κ2) is 8.52. The van der Waals surface area contributed by atoms with Gasteiger partial charge in [0, 0.05) is 50.9 Å². The maximum Gasteiger partial charge on any atom is 0.224 e. The molecular weight excluding hydrogens is 393 g/mol. The van der Waals surface area contributed by atoms with Crippen molar-refractivity contribution in [1.82, 2.24) is 14.9 Å². The summed E-state index contributed by atoms with van der Waals surface area (Å²) in [4.78, 5) is 38.2. The molecule has 1 N–H and O–H groups in total. The number of thiazole rings is 1. The fourth-order valence-corrected chi connectivity index (χ4v) is 4.17. The molecule has 1 aliphatic rings. The molecule has 1 fully saturated rings. The number of nitrogens with zero attached hydrogens (tertiary/aromatic N) is 4. The number of halogens is 1. The molecule has 0 spiro atoms. The zero-order chi connectivity index (χ0) is 20.2. The lowest BCUT2D eigenvalue weighted by atomic mass is 10.2. The number of pyridine rings is 1. The Morgan fingerprint density at radius 1 is 1.10 bits per heavy atom. The van der Waals surface area contributed by atoms with Gasteiger partial charge in [-0.15, -0.1) is 0 Å². The third-order valence-electron chi connectivity index (χ3n) is 4.73. The molecule has 0 bridgehead atoms. The minimum Gasteiger partial charge on any atom is -0.344 e. The fourth-order valence-electron chi connectivity index (χ4n) is 3.21. The lowest BCUT2D eigenvalue weighted by Crippen LogP contribution is -2.48. The Hall–Kier alpha value is -3.07. The molecule has 0 unspecified atom stereocenters. The third-order valence-corrected chi connectivity index (χ3v) is 5.77. The number of anilines is 2. The lowest BCUT2D eigenvalue weighted by Gasteiger charge is -2.34. The number of hydrogen-bond acceptors (Lipinski definition) is 6. The Morgan fingerprint density at radius 2 is 1.93 bits per heavy atom. The number of piperazine rings is 1. The van der Waals surface area contributed by atoms with Crippen LogP contribution < -0.4 is 10.2 Å². The Morgan fingerprint density at radius 3 is 2.69 bits per heavy atom. The van der Waals surface area contributed by atoms with Gasteiger partial charge in [0.15, 0.2) is 5.13 Å². The summed E-state index contributed by atoms with van der Waals surface area (Å²) in [5, 5.41) is 3.53. The molecule has 0 aliphatic carbocycles. The molecule has 7 nitrogen and oxygen atoms in total. The Bertz CT molecular complexity index is 999. The molecule has 0 saturated carbocycles. The van der Waals surface area contributed by atoms with Crippen LogP contribution in [0.3, 0.4) is 0 Å². The van der Waals surface area contributed by atoms with Gasteiger partial charge in [-0.3, -0.25) is 9.59 Å². The summed E-state index contributed by atoms with van der Waals surface area (Å²) in [5.41, 5.74) is 1.27. The van der Waals surface area contributed by atoms with Crippen molar-refractivity contribution in [3.05, 3.63) is 48.4 Å². The van der Waals surface area contributed by atoms with Crippen LogP contribution in [0.25, 0.3) is 10.3 Å². The lowest BCUT2D eigenvalue weighted by molar-refractivity contribution is -0.133. The van der Waals surface area contributed by atoms with Crippen LogP contribution in [0.5, 0.6) is 0 Å². The molecule has 4 rings (SSSR count). The molecule has 3 heterocycles. The molecule has 9 heteroatoms. The Kier molecular flexibility index (Phi) is 5.66. The Balaban J connectivity index is 1.25. The van der Waals surface area contributed by atoms with Crippen LogP contribution in [0.15, 0.2) is 42.6 Å². The Labute approximate surface area is 171 Å². The molecule has 1 aromatic carbocycles. The predicted molar refractivity (Wildman–Crippen MR) is 110 cm³/mol. The van der Waals surface area contributed by atoms with Crippen LogP contribution >= 0.6 is 11.3 Å². The van der Waals surface area contributed by atoms with Crippen molar-refractivity contribution in [3.8, 4) is 0 Å². The fraction of sp³-hybridized carbons (Fsp3) is 0.300. The van der Waals surface area contributed by atoms with E-state index in [4.69, 9.17) is 0 Å². The van der Waals surface area contributed by atoms with E-state index in [1.807, 2.05) is 12.1 Å². The standard InChI is InChI=1S/C20H20FN5O2S/c21-14-3-1-4-15(13-14)23-17(27)6-7-18(28)25-9-11-26(12-10-25)20-24-16-5-2-8-22-19(16)29-20/h1-5,8,13H,6-7,9-12H2,(H,23,27). The highest BCUT2D eigenvalue weighted by molar-refractivity contribution is 7.21. The van der Waals surface area contributed by atoms with Gasteiger partial charge in [0.05, 0.1) is 0 Å². The number of nitrogens with one attached hydrogen (secondary N) is 1. The highest BCUT2D eigenvalue weighted by atomic mass is 32.1. The summed E-state index contributed by atoms with van der Waals surface area (Å²) in [5.74, 6) is -0.768. The van der Waals surface area contributed by atoms with Crippen LogP contribution in [0.1, 0.15) is 12.8 Å². The van der Waals surface area contributed by atoms with Crippen LogP contribution in [0, 0.1) is 5.82 Å². The molecule has 150 valence electrons. The van der Waals surface area contributed by atoms with E-state index in [9.17, 15) is 14.0 Å². The zero-order valence-corrected chi connectivity index (χ0v) is 16.5. The maximum atomic E-state index is 13.2. The number of benzene rings is 1. The molecule has 3 aromatic rings. The highest BCUT2D eigenvalue weighted by Gasteiger charge is 2.23. The number of carbonyl (C=O) groups excluding carboxylic acids is 2. The summed E-state index contributed by atoms with van der Waals surface area (Å²) in [6.45, 7) is 2.57. The molecule has 0 radical (unpaired) electrons. The van der Waals surface area contributed by atoms with Gasteiger partial charge in [0.1, 0.15) is 16.2 Å². The van der Waals surface area contributed by atoms with Crippen molar-refractivity contribution in [2.45, 2.75) is 12.8 Å². The van der Waals surface area contributed by atoms with Crippen LogP contribution in [0.4, 0.5) is 15.2 Å². The first-order valence-electron chi connectivity index (χ1n) is 9.38. The van der Waals surface area contributed by atoms with Crippen molar-refractivity contribution in [2.75, 3.05) is 36.4 Å². The smallest absolute Gasteiger partial charge is 0.224 e. The molecule has 1 aliphatic heterocycles. The first-order valence-corrected chi connectivity index (χ1v) is 10.2. The average molecular weight is 413 g/mol. The van der Waals surface area contributed by atoms with Gasteiger partial charge < -0.3 is 15.1 Å². The summed E-state index contributed by atoms with van der Waals surface area (Å²) in [6, 6.07) is 9.50. The SMILES string of the molecule is O=C(CCC(=O)N1CCN(c2nc3cccnc3s2)CC1)Nc1cccc(F)c1. The third kappa shape index (κ3) is 4.68. The van der Waals surface area contributed by atoms with E-state index in [0.29, 0.717) is 31.9 Å². The number of rotatable bonds is 5. The van der Waals surface area contributed by atoms with Crippen molar-refractivity contribution in [2.24, 2.45) is 0 Å². The molecule has 1 saturated heterocycles. The summed E-state index contributed by atoms with van der Waals surface area (Å²) < 4.78 is 13.2. The second-order valence-corrected chi connectivity index (χ2v) is 7.71. The van der Waals surface area contributed by atoms with Gasteiger partial charge in [-0.25, -0.2) is 14.4 Å². The van der Waals surface area contributed by atoms with Crippen LogP contribution in [-0.4, -0.2) is 52.9 Å². The predicted octanol–water partition coefficient (Wildman–Crippen LogP) is 2.90. The van der Waals surface area contributed by atoms with Crippen molar-refractivity contribution in [1.29, 1.82) is 0 Å². The molecular formula is C20H20FN5O2S. The van der Waals surface area contributed by atoms with E-state index in [2.05, 4.69) is 20.2 Å². The number of aromatic nitrogens is 2. The van der Waals surface area contributed by atoms with E-state index in [1.165, 1.54) is 18.2 Å². The first-order chi connectivity index (χ1) is 14.1. The first kappa shape index (κ1) is 19.3. The van der Waals surface area contributed by atoms with Gasteiger partial charge in [-0.05, 0) is 30.3 Å². The van der Waals surface area contributed by atoms with E-state index in [1.54, 1.807) is 28.5 Å². The zero-order valence-electron chi connectivity index (χ0n) is 15.7. The average Bonchev–Trinajstić information content (AvgIpc) is 3.16. The number of hydrogen-bond donors (Lipinski definition) is 1. The minimum absolute atomic E-state index is 0.0509. The largest absolute Gasteiger partial charge is 0.344 e. The van der Waals surface area contributed by atoms with E-state index >= 15 is 0 Å². The number of fused-ring (bicyclic) bond motifs is 1. The van der Waals surface area contributed by atoms with Gasteiger partial charge in [-0.1, -0.05) is 17.4 Å². The van der Waals surface area contributed by atoms with Gasteiger partial charge >= 0.3 is 0 Å². The number of amides is 2. The highest BCUT2D eigenvalue weighted by Crippen LogP contribution is 2.27. The van der Waals surface area contributed by atoms with Gasteiger partial charge in [0.25, 0.3) is 0 Å². The van der Waals surface area contributed by atoms with Crippen molar-refractivity contribution < 1.29 is 14.0 Å². The van der Waals surface area contributed by atoms with E-state index in [-0.39, 0.29) is 24.7 Å². The maximum absolute atomic E-state index is 13.2. The van der Waals surface area contributed by atoms with E-state index < -0.39 is 5.82 Å². The number of carbonyl (C=O) groups is 2. The minimum atomic E-state index is -0.416. The summed E-state index contributed by atoms with van der Waals surface area (Å²) in [7, 11) is 0. The monoisotopic (exact) mass is 413 g/mol. The van der Waals surface area contributed by atoms with Crippen molar-refractivity contribution >= 4 is 44.3 Å². The summed E-state index contributed by atoms with van der Waals surface area (Å²) >= 11 is 1.55. The van der Waals surface area contributed by atoms with Crippen LogP contribution in [0.2, 0.25) is 0 Å². The molecule has 2 aromatic heterocycles. The van der Waals surface area contributed by atoms with Crippen LogP contribution in [-0.2, 0) is 9.59 Å². The molecule has 0 atom stereocenters. The topological polar surface area (TPSA) is 78.4 Å². The normalized spacial score (nSPS) is 14.2. The quantitative estimate of drug-likeness (QED) is 0.696.